The van der Waals surface area contributed by atoms with Crippen molar-refractivity contribution in [3.05, 3.63) is 29.3 Å². The Balaban J connectivity index is 1.54. The number of carbonyl (C=O) groups excluding carboxylic acids is 1. The van der Waals surface area contributed by atoms with Gasteiger partial charge in [-0.2, -0.15) is 0 Å². The first-order chi connectivity index (χ1) is 10.6. The summed E-state index contributed by atoms with van der Waals surface area (Å²) >= 11 is 0. The van der Waals surface area contributed by atoms with Crippen LogP contribution in [0.3, 0.4) is 0 Å². The van der Waals surface area contributed by atoms with Crippen molar-refractivity contribution in [2.24, 2.45) is 11.8 Å². The molecule has 0 spiro atoms. The van der Waals surface area contributed by atoms with E-state index < -0.39 is 0 Å². The van der Waals surface area contributed by atoms with E-state index in [0.29, 0.717) is 6.54 Å². The molecule has 1 aromatic rings. The molecule has 2 aliphatic rings. The highest BCUT2D eigenvalue weighted by molar-refractivity contribution is 5.92. The highest BCUT2D eigenvalue weighted by Gasteiger charge is 2.34. The molecule has 1 unspecified atom stereocenters. The van der Waals surface area contributed by atoms with E-state index in [1.54, 1.807) is 0 Å². The van der Waals surface area contributed by atoms with Gasteiger partial charge in [-0.3, -0.25) is 4.79 Å². The Morgan fingerprint density at radius 2 is 1.95 bits per heavy atom. The summed E-state index contributed by atoms with van der Waals surface area (Å²) in [6, 6.07) is 6.10. The van der Waals surface area contributed by atoms with E-state index in [0.717, 1.165) is 17.5 Å². The number of benzene rings is 1. The summed E-state index contributed by atoms with van der Waals surface area (Å²) in [5, 5.41) is 3.11. The molecule has 2 N–H and O–H groups in total. The third-order valence-corrected chi connectivity index (χ3v) is 5.78. The zero-order chi connectivity index (χ0) is 15.5. The molecule has 2 fully saturated rings. The highest BCUT2D eigenvalue weighted by atomic mass is 16.2. The number of hydrogen-bond donors (Lipinski definition) is 2. The Morgan fingerprint density at radius 1 is 1.18 bits per heavy atom. The van der Waals surface area contributed by atoms with E-state index in [9.17, 15) is 4.79 Å². The van der Waals surface area contributed by atoms with Crippen molar-refractivity contribution in [2.45, 2.75) is 46.0 Å². The van der Waals surface area contributed by atoms with Crippen LogP contribution < -0.4 is 10.2 Å². The first kappa shape index (κ1) is 15.5. The van der Waals surface area contributed by atoms with Gasteiger partial charge in [-0.25, -0.2) is 0 Å². The number of carbonyl (C=O) groups is 1. The predicted molar refractivity (Wildman–Crippen MR) is 90.2 cm³/mol. The quantitative estimate of drug-likeness (QED) is 0.883. The van der Waals surface area contributed by atoms with Crippen LogP contribution in [0.4, 0.5) is 5.69 Å². The minimum atomic E-state index is 0.165. The molecule has 3 heteroatoms. The van der Waals surface area contributed by atoms with Gasteiger partial charge in [0.05, 0.1) is 13.1 Å². The zero-order valence-electron chi connectivity index (χ0n) is 14.0. The summed E-state index contributed by atoms with van der Waals surface area (Å²) in [5.74, 6) is 1.98. The fourth-order valence-electron chi connectivity index (χ4n) is 4.26. The Kier molecular flexibility index (Phi) is 4.82. The van der Waals surface area contributed by atoms with Gasteiger partial charge < -0.3 is 10.2 Å². The Bertz CT molecular complexity index is 540. The van der Waals surface area contributed by atoms with Crippen LogP contribution in [0.2, 0.25) is 0 Å². The number of anilines is 1. The van der Waals surface area contributed by atoms with Crippen molar-refractivity contribution in [3.8, 4) is 0 Å². The van der Waals surface area contributed by atoms with Gasteiger partial charge in [0.2, 0.25) is 0 Å². The molecule has 1 heterocycles. The molecule has 0 aromatic heterocycles. The van der Waals surface area contributed by atoms with E-state index >= 15 is 0 Å². The Morgan fingerprint density at radius 3 is 2.77 bits per heavy atom. The van der Waals surface area contributed by atoms with E-state index in [1.807, 2.05) is 12.1 Å². The molecule has 1 amide bonds. The third kappa shape index (κ3) is 3.52. The van der Waals surface area contributed by atoms with Crippen LogP contribution in [-0.4, -0.2) is 25.5 Å². The number of aryl methyl sites for hydroxylation is 1. The molecule has 3 atom stereocenters. The number of fused-ring (bicyclic) bond motifs is 1. The molecule has 3 rings (SSSR count). The van der Waals surface area contributed by atoms with Gasteiger partial charge in [-0.05, 0) is 56.2 Å². The van der Waals surface area contributed by atoms with E-state index in [2.05, 4.69) is 25.2 Å². The topological polar surface area (TPSA) is 33.5 Å². The normalized spacial score (nSPS) is 28.0. The molecule has 3 nitrogen and oxygen atoms in total. The molecular weight excluding hydrogens is 272 g/mol. The minimum Gasteiger partial charge on any atom is -0.327 e. The molecule has 1 saturated heterocycles. The molecule has 0 radical (unpaired) electrons. The van der Waals surface area contributed by atoms with Gasteiger partial charge in [-0.15, -0.1) is 0 Å². The lowest BCUT2D eigenvalue weighted by Crippen LogP contribution is -3.15. The summed E-state index contributed by atoms with van der Waals surface area (Å²) in [6.07, 6.45) is 6.93. The highest BCUT2D eigenvalue weighted by Crippen LogP contribution is 2.32. The van der Waals surface area contributed by atoms with Crippen molar-refractivity contribution < 1.29 is 9.69 Å². The summed E-state index contributed by atoms with van der Waals surface area (Å²) in [6.45, 7) is 7.15. The average Bonchev–Trinajstić information content (AvgIpc) is 2.52. The average molecular weight is 301 g/mol. The lowest BCUT2D eigenvalue weighted by molar-refractivity contribution is -0.902. The van der Waals surface area contributed by atoms with E-state index in [4.69, 9.17) is 0 Å². The van der Waals surface area contributed by atoms with Crippen LogP contribution >= 0.6 is 0 Å². The number of nitrogens with one attached hydrogen (secondary N) is 2. The molecule has 120 valence electrons. The van der Waals surface area contributed by atoms with Crippen molar-refractivity contribution in [2.75, 3.05) is 25.0 Å². The van der Waals surface area contributed by atoms with Crippen LogP contribution in [-0.2, 0) is 4.79 Å². The lowest BCUT2D eigenvalue weighted by Gasteiger charge is -2.38. The van der Waals surface area contributed by atoms with Crippen LogP contribution in [0.1, 0.15) is 43.2 Å². The van der Waals surface area contributed by atoms with Gasteiger partial charge in [0.25, 0.3) is 5.91 Å². The zero-order valence-corrected chi connectivity index (χ0v) is 14.0. The van der Waals surface area contributed by atoms with E-state index in [-0.39, 0.29) is 5.91 Å². The van der Waals surface area contributed by atoms with E-state index in [1.165, 1.54) is 61.2 Å². The van der Waals surface area contributed by atoms with Gasteiger partial charge in [0.1, 0.15) is 0 Å². The summed E-state index contributed by atoms with van der Waals surface area (Å²) in [5.41, 5.74) is 3.38. The Labute approximate surface area is 134 Å². The number of piperidine rings is 1. The monoisotopic (exact) mass is 301 g/mol. The number of quaternary nitrogens is 1. The summed E-state index contributed by atoms with van der Waals surface area (Å²) in [7, 11) is 0. The largest absolute Gasteiger partial charge is 0.327 e. The second-order valence-electron chi connectivity index (χ2n) is 7.27. The number of amides is 1. The number of rotatable bonds is 3. The minimum absolute atomic E-state index is 0.165. The van der Waals surface area contributed by atoms with Gasteiger partial charge >= 0.3 is 0 Å². The summed E-state index contributed by atoms with van der Waals surface area (Å²) in [4.78, 5) is 13.9. The molecule has 0 bridgehead atoms. The maximum atomic E-state index is 12.4. The summed E-state index contributed by atoms with van der Waals surface area (Å²) < 4.78 is 0. The van der Waals surface area contributed by atoms with Gasteiger partial charge in [0, 0.05) is 11.6 Å². The van der Waals surface area contributed by atoms with Crippen LogP contribution in [0.25, 0.3) is 0 Å². The van der Waals surface area contributed by atoms with Crippen LogP contribution in [0.5, 0.6) is 0 Å². The smallest absolute Gasteiger partial charge is 0.279 e. The SMILES string of the molecule is Cc1cccc(NC(=O)C[NH+]2CC[C@H]3CCCC[C@@H]3C2)c1C. The first-order valence-corrected chi connectivity index (χ1v) is 8.83. The van der Waals surface area contributed by atoms with Crippen LogP contribution in [0.15, 0.2) is 18.2 Å². The van der Waals surface area contributed by atoms with Crippen molar-refractivity contribution >= 4 is 11.6 Å². The fraction of sp³-hybridized carbons (Fsp3) is 0.632. The van der Waals surface area contributed by atoms with Crippen molar-refractivity contribution in [1.29, 1.82) is 0 Å². The van der Waals surface area contributed by atoms with Crippen LogP contribution in [0, 0.1) is 25.7 Å². The second-order valence-corrected chi connectivity index (χ2v) is 7.27. The molecule has 1 aliphatic carbocycles. The maximum Gasteiger partial charge on any atom is 0.279 e. The number of hydrogen-bond acceptors (Lipinski definition) is 1. The third-order valence-electron chi connectivity index (χ3n) is 5.78. The molecule has 1 aromatic carbocycles. The Hall–Kier alpha value is -1.35. The molecular formula is C19H29N2O+. The molecule has 1 saturated carbocycles. The molecule has 1 aliphatic heterocycles. The van der Waals surface area contributed by atoms with Crippen molar-refractivity contribution in [3.63, 3.8) is 0 Å². The molecule has 22 heavy (non-hydrogen) atoms. The standard InChI is InChI=1S/C19H28N2O/c1-14-6-5-9-18(15(14)2)20-19(22)13-21-11-10-16-7-3-4-8-17(16)12-21/h5-6,9,16-17H,3-4,7-8,10-13H2,1-2H3,(H,20,22)/p+1/t16-,17-/m1/s1. The fourth-order valence-corrected chi connectivity index (χ4v) is 4.26. The van der Waals surface area contributed by atoms with Gasteiger partial charge in [0.15, 0.2) is 6.54 Å². The van der Waals surface area contributed by atoms with Gasteiger partial charge in [-0.1, -0.05) is 25.0 Å². The first-order valence-electron chi connectivity index (χ1n) is 8.83. The van der Waals surface area contributed by atoms with Crippen molar-refractivity contribution in [1.82, 2.24) is 0 Å². The second kappa shape index (κ2) is 6.82. The maximum absolute atomic E-state index is 12.4. The lowest BCUT2D eigenvalue weighted by atomic mass is 9.75. The number of likely N-dealkylation sites (tertiary alicyclic amines) is 1. The predicted octanol–water partition coefficient (Wildman–Crippen LogP) is 2.34.